The van der Waals surface area contributed by atoms with Crippen LogP contribution in [0.15, 0.2) is 71.3 Å². The zero-order valence-corrected chi connectivity index (χ0v) is 15.7. The Morgan fingerprint density at radius 2 is 1.71 bits per heavy atom. The molecule has 0 aliphatic heterocycles. The van der Waals surface area contributed by atoms with Crippen LogP contribution in [0.5, 0.6) is 0 Å². The average molecular weight is 372 g/mol. The van der Waals surface area contributed by atoms with E-state index >= 15 is 0 Å². The molecule has 0 atom stereocenters. The van der Waals surface area contributed by atoms with Crippen molar-refractivity contribution in [2.75, 3.05) is 19.4 Å². The normalized spacial score (nSPS) is 10.9. The van der Waals surface area contributed by atoms with Gasteiger partial charge in [-0.3, -0.25) is 9.59 Å². The molecule has 140 valence electrons. The first-order valence-electron chi connectivity index (χ1n) is 9.02. The maximum Gasteiger partial charge on any atom is 0.253 e. The van der Waals surface area contributed by atoms with Crippen LogP contribution in [0.3, 0.4) is 0 Å². The van der Waals surface area contributed by atoms with E-state index in [9.17, 15) is 9.59 Å². The van der Waals surface area contributed by atoms with Gasteiger partial charge in [-0.25, -0.2) is 0 Å². The fraction of sp³-hybridized carbons (Fsp3) is 0.130. The SMILES string of the molecule is CN(C)C(=O)c1ccc(NC(=O)Cc2coc3ccc4ccccc4c23)cc1. The predicted octanol–water partition coefficient (Wildman–Crippen LogP) is 4.47. The fourth-order valence-corrected chi connectivity index (χ4v) is 3.34. The topological polar surface area (TPSA) is 62.6 Å². The van der Waals surface area contributed by atoms with Crippen LogP contribution in [0.4, 0.5) is 5.69 Å². The second kappa shape index (κ2) is 7.19. The van der Waals surface area contributed by atoms with E-state index in [-0.39, 0.29) is 18.2 Å². The number of amides is 2. The third kappa shape index (κ3) is 3.34. The van der Waals surface area contributed by atoms with Crippen molar-refractivity contribution in [1.29, 1.82) is 0 Å². The molecule has 0 spiro atoms. The lowest BCUT2D eigenvalue weighted by molar-refractivity contribution is -0.115. The minimum Gasteiger partial charge on any atom is -0.464 e. The van der Waals surface area contributed by atoms with Crippen LogP contribution in [-0.2, 0) is 11.2 Å². The molecular weight excluding hydrogens is 352 g/mol. The van der Waals surface area contributed by atoms with Crippen molar-refractivity contribution in [1.82, 2.24) is 4.90 Å². The number of nitrogens with zero attached hydrogens (tertiary/aromatic N) is 1. The van der Waals surface area contributed by atoms with E-state index in [1.807, 2.05) is 36.4 Å². The maximum atomic E-state index is 12.6. The molecule has 5 nitrogen and oxygen atoms in total. The molecule has 0 aliphatic carbocycles. The summed E-state index contributed by atoms with van der Waals surface area (Å²) >= 11 is 0. The lowest BCUT2D eigenvalue weighted by Gasteiger charge is -2.11. The van der Waals surface area contributed by atoms with Crippen molar-refractivity contribution in [3.63, 3.8) is 0 Å². The first kappa shape index (κ1) is 17.8. The fourth-order valence-electron chi connectivity index (χ4n) is 3.34. The number of carbonyl (C=O) groups is 2. The van der Waals surface area contributed by atoms with E-state index in [1.54, 1.807) is 44.6 Å². The Labute approximate surface area is 162 Å². The molecule has 1 heterocycles. The Balaban J connectivity index is 1.54. The number of anilines is 1. The summed E-state index contributed by atoms with van der Waals surface area (Å²) in [7, 11) is 3.41. The number of nitrogens with one attached hydrogen (secondary N) is 1. The van der Waals surface area contributed by atoms with E-state index in [0.717, 1.165) is 27.3 Å². The van der Waals surface area contributed by atoms with Crippen molar-refractivity contribution in [2.45, 2.75) is 6.42 Å². The van der Waals surface area contributed by atoms with Crippen molar-refractivity contribution < 1.29 is 14.0 Å². The number of hydrogen-bond donors (Lipinski definition) is 1. The number of benzene rings is 3. The summed E-state index contributed by atoms with van der Waals surface area (Å²) in [5, 5.41) is 6.04. The van der Waals surface area contributed by atoms with E-state index in [1.165, 1.54) is 4.90 Å². The van der Waals surface area contributed by atoms with Crippen molar-refractivity contribution in [3.05, 3.63) is 78.1 Å². The number of rotatable bonds is 4. The van der Waals surface area contributed by atoms with E-state index in [0.29, 0.717) is 11.3 Å². The van der Waals surface area contributed by atoms with Gasteiger partial charge in [0.25, 0.3) is 5.91 Å². The predicted molar refractivity (Wildman–Crippen MR) is 111 cm³/mol. The zero-order valence-electron chi connectivity index (χ0n) is 15.7. The number of carbonyl (C=O) groups excluding carboxylic acids is 2. The van der Waals surface area contributed by atoms with Crippen molar-refractivity contribution in [3.8, 4) is 0 Å². The van der Waals surface area contributed by atoms with Gasteiger partial charge in [-0.15, -0.1) is 0 Å². The van der Waals surface area contributed by atoms with Gasteiger partial charge in [-0.05, 0) is 41.1 Å². The molecule has 0 saturated carbocycles. The molecule has 4 aromatic rings. The first-order valence-corrected chi connectivity index (χ1v) is 9.02. The summed E-state index contributed by atoms with van der Waals surface area (Å²) in [6.07, 6.45) is 1.86. The van der Waals surface area contributed by atoms with Crippen LogP contribution < -0.4 is 5.32 Å². The van der Waals surface area contributed by atoms with Gasteiger partial charge in [0.2, 0.25) is 5.91 Å². The molecule has 0 radical (unpaired) electrons. The summed E-state index contributed by atoms with van der Waals surface area (Å²) in [5.74, 6) is -0.211. The second-order valence-corrected chi connectivity index (χ2v) is 6.92. The molecule has 3 aromatic carbocycles. The van der Waals surface area contributed by atoms with Gasteiger partial charge < -0.3 is 14.6 Å². The van der Waals surface area contributed by atoms with Gasteiger partial charge in [-0.2, -0.15) is 0 Å². The van der Waals surface area contributed by atoms with Gasteiger partial charge in [0.15, 0.2) is 0 Å². The molecule has 1 aromatic heterocycles. The highest BCUT2D eigenvalue weighted by molar-refractivity contribution is 6.09. The molecule has 1 N–H and O–H groups in total. The Bertz CT molecular complexity index is 1170. The first-order chi connectivity index (χ1) is 13.5. The lowest BCUT2D eigenvalue weighted by Crippen LogP contribution is -2.21. The molecular formula is C23H20N2O3. The summed E-state index contributed by atoms with van der Waals surface area (Å²) in [4.78, 5) is 26.0. The second-order valence-electron chi connectivity index (χ2n) is 6.92. The van der Waals surface area contributed by atoms with Gasteiger partial charge in [0.05, 0.1) is 12.7 Å². The molecule has 4 rings (SSSR count). The van der Waals surface area contributed by atoms with Crippen LogP contribution in [0.2, 0.25) is 0 Å². The van der Waals surface area contributed by atoms with E-state index < -0.39 is 0 Å². The molecule has 0 bridgehead atoms. The van der Waals surface area contributed by atoms with Gasteiger partial charge in [0.1, 0.15) is 5.58 Å². The molecule has 28 heavy (non-hydrogen) atoms. The largest absolute Gasteiger partial charge is 0.464 e. The van der Waals surface area contributed by atoms with Crippen LogP contribution in [0, 0.1) is 0 Å². The highest BCUT2D eigenvalue weighted by Crippen LogP contribution is 2.30. The van der Waals surface area contributed by atoms with Crippen molar-refractivity contribution >= 4 is 39.2 Å². The Morgan fingerprint density at radius 1 is 0.964 bits per heavy atom. The van der Waals surface area contributed by atoms with Gasteiger partial charge >= 0.3 is 0 Å². The molecule has 0 fully saturated rings. The van der Waals surface area contributed by atoms with E-state index in [2.05, 4.69) is 5.32 Å². The number of furan rings is 1. The molecule has 5 heteroatoms. The third-order valence-electron chi connectivity index (χ3n) is 4.71. The molecule has 0 saturated heterocycles. The van der Waals surface area contributed by atoms with E-state index in [4.69, 9.17) is 4.42 Å². The smallest absolute Gasteiger partial charge is 0.253 e. The monoisotopic (exact) mass is 372 g/mol. The third-order valence-corrected chi connectivity index (χ3v) is 4.71. The summed E-state index contributed by atoms with van der Waals surface area (Å²) < 4.78 is 5.65. The number of fused-ring (bicyclic) bond motifs is 3. The molecule has 0 unspecified atom stereocenters. The van der Waals surface area contributed by atoms with Crippen LogP contribution in [0.25, 0.3) is 21.7 Å². The minimum atomic E-state index is -0.137. The lowest BCUT2D eigenvalue weighted by atomic mass is 10.0. The van der Waals surface area contributed by atoms with Crippen molar-refractivity contribution in [2.24, 2.45) is 0 Å². The highest BCUT2D eigenvalue weighted by Gasteiger charge is 2.14. The van der Waals surface area contributed by atoms with Crippen LogP contribution in [-0.4, -0.2) is 30.8 Å². The molecule has 2 amide bonds. The quantitative estimate of drug-likeness (QED) is 0.575. The van der Waals surface area contributed by atoms with Gasteiger partial charge in [0, 0.05) is 36.3 Å². The van der Waals surface area contributed by atoms with Crippen LogP contribution in [0.1, 0.15) is 15.9 Å². The standard InChI is InChI=1S/C23H20N2O3/c1-25(2)23(27)16-7-10-18(11-8-16)24-21(26)13-17-14-28-20-12-9-15-5-3-4-6-19(15)22(17)20/h3-12,14H,13H2,1-2H3,(H,24,26). The Morgan fingerprint density at radius 3 is 2.46 bits per heavy atom. The zero-order chi connectivity index (χ0) is 19.7. The summed E-state index contributed by atoms with van der Waals surface area (Å²) in [6, 6.07) is 18.9. The average Bonchev–Trinajstić information content (AvgIpc) is 3.11. The maximum absolute atomic E-state index is 12.6. The summed E-state index contributed by atoms with van der Waals surface area (Å²) in [6.45, 7) is 0. The Hall–Kier alpha value is -3.60. The molecule has 0 aliphatic rings. The minimum absolute atomic E-state index is 0.0744. The van der Waals surface area contributed by atoms with Gasteiger partial charge in [-0.1, -0.05) is 30.3 Å². The Kier molecular flexibility index (Phi) is 4.57. The number of hydrogen-bond acceptors (Lipinski definition) is 3. The van der Waals surface area contributed by atoms with Crippen LogP contribution >= 0.6 is 0 Å². The summed E-state index contributed by atoms with van der Waals surface area (Å²) in [5.41, 5.74) is 2.85. The highest BCUT2D eigenvalue weighted by atomic mass is 16.3.